The van der Waals surface area contributed by atoms with Gasteiger partial charge in [-0.25, -0.2) is 5.32 Å². The zero-order valence-electron chi connectivity index (χ0n) is 15.3. The Bertz CT molecular complexity index is 372. The van der Waals surface area contributed by atoms with E-state index < -0.39 is 0 Å². The highest BCUT2D eigenvalue weighted by Gasteiger charge is 2.10. The highest BCUT2D eigenvalue weighted by atomic mass is 14.8. The van der Waals surface area contributed by atoms with Crippen LogP contribution in [-0.2, 0) is 13.0 Å². The molecular weight excluding hydrogens is 266 g/mol. The molecule has 0 fully saturated rings. The summed E-state index contributed by atoms with van der Waals surface area (Å²) < 4.78 is 0. The summed E-state index contributed by atoms with van der Waals surface area (Å²) in [7, 11) is 0. The van der Waals surface area contributed by atoms with Crippen LogP contribution in [0, 0.1) is 5.41 Å². The van der Waals surface area contributed by atoms with Crippen LogP contribution in [0.3, 0.4) is 0 Å². The van der Waals surface area contributed by atoms with E-state index in [1.807, 2.05) is 0 Å². The van der Waals surface area contributed by atoms with E-state index >= 15 is 0 Å². The van der Waals surface area contributed by atoms with Crippen LogP contribution in [0.5, 0.6) is 0 Å². The molecule has 1 heteroatoms. The van der Waals surface area contributed by atoms with Gasteiger partial charge in [-0.1, -0.05) is 90.5 Å². The van der Waals surface area contributed by atoms with Crippen molar-refractivity contribution in [1.29, 1.82) is 0 Å². The van der Waals surface area contributed by atoms with Crippen LogP contribution in [0.15, 0.2) is 24.3 Å². The molecule has 0 atom stereocenters. The van der Waals surface area contributed by atoms with Crippen molar-refractivity contribution < 1.29 is 0 Å². The molecular formula is C21H36N. The maximum atomic E-state index is 4.68. The molecule has 0 aromatic heterocycles. The van der Waals surface area contributed by atoms with Crippen molar-refractivity contribution in [2.45, 2.75) is 85.6 Å². The predicted octanol–water partition coefficient (Wildman–Crippen LogP) is 6.13. The Morgan fingerprint density at radius 1 is 0.773 bits per heavy atom. The van der Waals surface area contributed by atoms with Gasteiger partial charge >= 0.3 is 0 Å². The van der Waals surface area contributed by atoms with Gasteiger partial charge in [-0.3, -0.25) is 0 Å². The largest absolute Gasteiger partial charge is 0.237 e. The lowest BCUT2D eigenvalue weighted by Crippen LogP contribution is -2.09. The maximum Gasteiger partial charge on any atom is 0.0384 e. The Morgan fingerprint density at radius 3 is 1.91 bits per heavy atom. The van der Waals surface area contributed by atoms with E-state index in [0.29, 0.717) is 5.41 Å². The van der Waals surface area contributed by atoms with Gasteiger partial charge < -0.3 is 0 Å². The van der Waals surface area contributed by atoms with Gasteiger partial charge in [0.25, 0.3) is 0 Å². The number of unbranched alkanes of at least 4 members (excludes halogenated alkanes) is 6. The van der Waals surface area contributed by atoms with Gasteiger partial charge in [0.05, 0.1) is 0 Å². The molecule has 0 aliphatic rings. The molecule has 0 heterocycles. The van der Waals surface area contributed by atoms with Crippen LogP contribution >= 0.6 is 0 Å². The second-order valence-corrected chi connectivity index (χ2v) is 7.78. The van der Waals surface area contributed by atoms with E-state index in [1.165, 1.54) is 56.1 Å². The van der Waals surface area contributed by atoms with E-state index in [0.717, 1.165) is 19.5 Å². The van der Waals surface area contributed by atoms with Crippen LogP contribution < -0.4 is 5.32 Å². The normalized spacial score (nSPS) is 11.8. The highest BCUT2D eigenvalue weighted by Crippen LogP contribution is 2.20. The number of benzene rings is 1. The van der Waals surface area contributed by atoms with Gasteiger partial charge in [-0.05, 0) is 29.4 Å². The molecule has 22 heavy (non-hydrogen) atoms. The molecule has 1 rings (SSSR count). The minimum absolute atomic E-state index is 0.364. The topological polar surface area (TPSA) is 14.1 Å². The van der Waals surface area contributed by atoms with E-state index in [4.69, 9.17) is 0 Å². The lowest BCUT2D eigenvalue weighted by Gasteiger charge is -2.18. The Hall–Kier alpha value is -0.820. The average molecular weight is 303 g/mol. The van der Waals surface area contributed by atoms with E-state index in [1.54, 1.807) is 0 Å². The van der Waals surface area contributed by atoms with Crippen molar-refractivity contribution >= 4 is 0 Å². The van der Waals surface area contributed by atoms with Gasteiger partial charge in [-0.15, -0.1) is 0 Å². The monoisotopic (exact) mass is 302 g/mol. The first kappa shape index (κ1) is 19.2. The molecule has 0 N–H and O–H groups in total. The van der Waals surface area contributed by atoms with Crippen molar-refractivity contribution in [2.24, 2.45) is 5.41 Å². The molecule has 0 aliphatic carbocycles. The Labute approximate surface area is 138 Å². The summed E-state index contributed by atoms with van der Waals surface area (Å²) in [4.78, 5) is 0. The number of hydrogen-bond acceptors (Lipinski definition) is 0. The third kappa shape index (κ3) is 10.00. The van der Waals surface area contributed by atoms with E-state index in [2.05, 4.69) is 57.3 Å². The third-order valence-corrected chi connectivity index (χ3v) is 3.97. The third-order valence-electron chi connectivity index (χ3n) is 3.97. The Kier molecular flexibility index (Phi) is 9.47. The quantitative estimate of drug-likeness (QED) is 0.436. The van der Waals surface area contributed by atoms with Crippen molar-refractivity contribution in [1.82, 2.24) is 5.32 Å². The molecule has 0 amide bonds. The fraction of sp³-hybridized carbons (Fsp3) is 0.714. The average Bonchev–Trinajstić information content (AvgIpc) is 2.46. The second-order valence-electron chi connectivity index (χ2n) is 7.78. The fourth-order valence-corrected chi connectivity index (χ4v) is 2.76. The van der Waals surface area contributed by atoms with Crippen molar-refractivity contribution in [3.8, 4) is 0 Å². The summed E-state index contributed by atoms with van der Waals surface area (Å²) in [5.41, 5.74) is 3.15. The summed E-state index contributed by atoms with van der Waals surface area (Å²) in [6.45, 7) is 11.0. The van der Waals surface area contributed by atoms with Crippen LogP contribution in [0.2, 0.25) is 0 Å². The predicted molar refractivity (Wildman–Crippen MR) is 98.3 cm³/mol. The van der Waals surface area contributed by atoms with Crippen LogP contribution in [-0.4, -0.2) is 6.54 Å². The fourth-order valence-electron chi connectivity index (χ4n) is 2.76. The Morgan fingerprint density at radius 2 is 1.32 bits per heavy atom. The lowest BCUT2D eigenvalue weighted by atomic mass is 9.88. The zero-order chi connectivity index (χ0) is 16.3. The van der Waals surface area contributed by atoms with Crippen LogP contribution in [0.1, 0.15) is 83.8 Å². The SMILES string of the molecule is CCCCCCCCC[N]Cc1ccc(CC(C)(C)C)cc1. The van der Waals surface area contributed by atoms with Gasteiger partial charge in [0.2, 0.25) is 0 Å². The summed E-state index contributed by atoms with van der Waals surface area (Å²) in [5.74, 6) is 0. The summed E-state index contributed by atoms with van der Waals surface area (Å²) >= 11 is 0. The molecule has 1 radical (unpaired) electrons. The molecule has 0 saturated heterocycles. The second kappa shape index (κ2) is 10.8. The minimum atomic E-state index is 0.364. The summed E-state index contributed by atoms with van der Waals surface area (Å²) in [6, 6.07) is 9.03. The molecule has 0 saturated carbocycles. The number of nitrogens with zero attached hydrogens (tertiary/aromatic N) is 1. The first-order valence-corrected chi connectivity index (χ1v) is 9.22. The Balaban J connectivity index is 2.08. The molecule has 1 nitrogen and oxygen atoms in total. The van der Waals surface area contributed by atoms with Crippen molar-refractivity contribution in [2.75, 3.05) is 6.54 Å². The summed E-state index contributed by atoms with van der Waals surface area (Å²) in [5, 5.41) is 4.68. The minimum Gasteiger partial charge on any atom is -0.237 e. The van der Waals surface area contributed by atoms with Gasteiger partial charge in [-0.2, -0.15) is 0 Å². The highest BCUT2D eigenvalue weighted by molar-refractivity contribution is 5.23. The first-order chi connectivity index (χ1) is 10.5. The smallest absolute Gasteiger partial charge is 0.0384 e. The molecule has 125 valence electrons. The van der Waals surface area contributed by atoms with E-state index in [-0.39, 0.29) is 0 Å². The maximum absolute atomic E-state index is 4.68. The van der Waals surface area contributed by atoms with Crippen molar-refractivity contribution in [3.63, 3.8) is 0 Å². The van der Waals surface area contributed by atoms with Gasteiger partial charge in [0, 0.05) is 13.1 Å². The molecule has 0 unspecified atom stereocenters. The molecule has 0 spiro atoms. The lowest BCUT2D eigenvalue weighted by molar-refractivity contribution is 0.411. The number of hydrogen-bond donors (Lipinski definition) is 0. The first-order valence-electron chi connectivity index (χ1n) is 9.22. The standard InChI is InChI=1S/C21H36N/c1-5-6-7-8-9-10-11-16-22-18-20-14-12-19(13-15-20)17-21(2,3)4/h12-15H,5-11,16-18H2,1-4H3. The van der Waals surface area contributed by atoms with Crippen LogP contribution in [0.4, 0.5) is 0 Å². The van der Waals surface area contributed by atoms with Gasteiger partial charge in [0.15, 0.2) is 0 Å². The molecule has 0 bridgehead atoms. The zero-order valence-corrected chi connectivity index (χ0v) is 15.3. The van der Waals surface area contributed by atoms with Gasteiger partial charge in [0.1, 0.15) is 0 Å². The molecule has 1 aromatic carbocycles. The molecule has 1 aromatic rings. The van der Waals surface area contributed by atoms with Crippen molar-refractivity contribution in [3.05, 3.63) is 35.4 Å². The van der Waals surface area contributed by atoms with E-state index in [9.17, 15) is 0 Å². The van der Waals surface area contributed by atoms with Crippen LogP contribution in [0.25, 0.3) is 0 Å². The number of rotatable bonds is 11. The summed E-state index contributed by atoms with van der Waals surface area (Å²) in [6.07, 6.45) is 10.7. The molecule has 0 aliphatic heterocycles.